The molecule has 0 saturated carbocycles. The molecule has 0 aliphatic rings. The van der Waals surface area contributed by atoms with Gasteiger partial charge in [-0.3, -0.25) is 0 Å². The summed E-state index contributed by atoms with van der Waals surface area (Å²) in [6, 6.07) is 20.7. The number of carbonyl (C=O) groups excluding carboxylic acids is 1. The highest BCUT2D eigenvalue weighted by atomic mass is 16.6. The molecule has 3 rings (SSSR count). The van der Waals surface area contributed by atoms with Crippen LogP contribution in [-0.2, 0) is 4.79 Å². The highest BCUT2D eigenvalue weighted by Crippen LogP contribution is 2.25. The van der Waals surface area contributed by atoms with Crippen LogP contribution in [0.25, 0.3) is 10.8 Å². The number of esters is 1. The highest BCUT2D eigenvalue weighted by Gasteiger charge is 2.09. The molecule has 4 heteroatoms. The molecule has 0 N–H and O–H groups in total. The number of ether oxygens (including phenoxy) is 3. The van der Waals surface area contributed by atoms with Crippen molar-refractivity contribution in [3.63, 3.8) is 0 Å². The molecule has 0 spiro atoms. The average molecular weight is 364 g/mol. The maximum absolute atomic E-state index is 12.1. The van der Waals surface area contributed by atoms with E-state index in [4.69, 9.17) is 14.2 Å². The van der Waals surface area contributed by atoms with Crippen LogP contribution in [-0.4, -0.2) is 19.2 Å². The molecule has 0 fully saturated rings. The van der Waals surface area contributed by atoms with Gasteiger partial charge in [0.1, 0.15) is 17.2 Å². The van der Waals surface area contributed by atoms with Crippen LogP contribution in [0.2, 0.25) is 0 Å². The van der Waals surface area contributed by atoms with Gasteiger partial charge in [-0.05, 0) is 48.1 Å². The molecular formula is C23H24O4. The number of benzene rings is 3. The van der Waals surface area contributed by atoms with E-state index in [1.54, 1.807) is 18.2 Å². The zero-order valence-electron chi connectivity index (χ0n) is 15.7. The van der Waals surface area contributed by atoms with Crippen LogP contribution in [0.4, 0.5) is 0 Å². The summed E-state index contributed by atoms with van der Waals surface area (Å²) in [6.45, 7) is 4.86. The molecule has 0 unspecified atom stereocenters. The van der Waals surface area contributed by atoms with Crippen LogP contribution in [0.15, 0.2) is 66.7 Å². The van der Waals surface area contributed by atoms with Crippen LogP contribution in [0, 0.1) is 5.92 Å². The largest absolute Gasteiger partial charge is 0.494 e. The smallest absolute Gasteiger partial charge is 0.349 e. The van der Waals surface area contributed by atoms with Gasteiger partial charge in [-0.25, -0.2) is 4.79 Å². The molecule has 0 saturated heterocycles. The van der Waals surface area contributed by atoms with Gasteiger partial charge in [0.25, 0.3) is 0 Å². The summed E-state index contributed by atoms with van der Waals surface area (Å²) in [5, 5.41) is 1.92. The molecule has 0 amide bonds. The van der Waals surface area contributed by atoms with Gasteiger partial charge in [0, 0.05) is 5.39 Å². The fourth-order valence-electron chi connectivity index (χ4n) is 2.62. The van der Waals surface area contributed by atoms with Gasteiger partial charge in [0.05, 0.1) is 6.61 Å². The Morgan fingerprint density at radius 1 is 0.852 bits per heavy atom. The molecule has 0 aromatic heterocycles. The molecule has 3 aromatic carbocycles. The second-order valence-corrected chi connectivity index (χ2v) is 6.74. The van der Waals surface area contributed by atoms with E-state index in [0.717, 1.165) is 22.9 Å². The zero-order valence-corrected chi connectivity index (χ0v) is 15.7. The number of carbonyl (C=O) groups is 1. The second-order valence-electron chi connectivity index (χ2n) is 6.74. The quantitative estimate of drug-likeness (QED) is 0.404. The first kappa shape index (κ1) is 18.8. The van der Waals surface area contributed by atoms with E-state index in [0.29, 0.717) is 24.0 Å². The van der Waals surface area contributed by atoms with Crippen molar-refractivity contribution in [3.05, 3.63) is 66.7 Å². The molecule has 3 aromatic rings. The van der Waals surface area contributed by atoms with Crippen molar-refractivity contribution in [1.82, 2.24) is 0 Å². The lowest BCUT2D eigenvalue weighted by Gasteiger charge is -2.10. The summed E-state index contributed by atoms with van der Waals surface area (Å²) in [5.74, 6) is 2.10. The van der Waals surface area contributed by atoms with Crippen molar-refractivity contribution in [2.45, 2.75) is 20.3 Å². The van der Waals surface area contributed by atoms with E-state index in [9.17, 15) is 4.79 Å². The Morgan fingerprint density at radius 2 is 1.52 bits per heavy atom. The molecule has 0 radical (unpaired) electrons. The van der Waals surface area contributed by atoms with Gasteiger partial charge in [0.2, 0.25) is 0 Å². The SMILES string of the molecule is CC(C)CCOc1ccc(OCC(=O)Oc2cccc3ccccc23)cc1. The van der Waals surface area contributed by atoms with Crippen molar-refractivity contribution >= 4 is 16.7 Å². The minimum Gasteiger partial charge on any atom is -0.494 e. The van der Waals surface area contributed by atoms with Gasteiger partial charge < -0.3 is 14.2 Å². The molecule has 0 bridgehead atoms. The van der Waals surface area contributed by atoms with Gasteiger partial charge in [0.15, 0.2) is 6.61 Å². The summed E-state index contributed by atoms with van der Waals surface area (Å²) in [4.78, 5) is 12.1. The summed E-state index contributed by atoms with van der Waals surface area (Å²) >= 11 is 0. The highest BCUT2D eigenvalue weighted by molar-refractivity contribution is 5.90. The standard InChI is InChI=1S/C23H24O4/c1-17(2)14-15-25-19-10-12-20(13-11-19)26-16-23(24)27-22-9-5-7-18-6-3-4-8-21(18)22/h3-13,17H,14-16H2,1-2H3. The predicted molar refractivity (Wildman–Crippen MR) is 106 cm³/mol. The lowest BCUT2D eigenvalue weighted by Crippen LogP contribution is -2.17. The number of fused-ring (bicyclic) bond motifs is 1. The van der Waals surface area contributed by atoms with Gasteiger partial charge in [-0.2, -0.15) is 0 Å². The van der Waals surface area contributed by atoms with E-state index in [-0.39, 0.29) is 6.61 Å². The Labute approximate surface area is 159 Å². The first-order valence-electron chi connectivity index (χ1n) is 9.16. The Morgan fingerprint density at radius 3 is 2.26 bits per heavy atom. The van der Waals surface area contributed by atoms with Crippen molar-refractivity contribution in [2.75, 3.05) is 13.2 Å². The maximum Gasteiger partial charge on any atom is 0.349 e. The fourth-order valence-corrected chi connectivity index (χ4v) is 2.62. The van der Waals surface area contributed by atoms with E-state index < -0.39 is 5.97 Å². The first-order chi connectivity index (χ1) is 13.1. The minimum atomic E-state index is -0.441. The lowest BCUT2D eigenvalue weighted by atomic mass is 10.1. The van der Waals surface area contributed by atoms with Crippen molar-refractivity contribution in [1.29, 1.82) is 0 Å². The molecule has 0 aliphatic carbocycles. The Balaban J connectivity index is 1.51. The molecular weight excluding hydrogens is 340 g/mol. The number of hydrogen-bond donors (Lipinski definition) is 0. The Kier molecular flexibility index (Phi) is 6.31. The maximum atomic E-state index is 12.1. The Hall–Kier alpha value is -3.01. The molecule has 0 heterocycles. The molecule has 140 valence electrons. The minimum absolute atomic E-state index is 0.156. The van der Waals surface area contributed by atoms with Gasteiger partial charge in [-0.15, -0.1) is 0 Å². The number of hydrogen-bond acceptors (Lipinski definition) is 4. The molecule has 4 nitrogen and oxygen atoms in total. The summed E-state index contributed by atoms with van der Waals surface area (Å²) in [5.41, 5.74) is 0. The lowest BCUT2D eigenvalue weighted by molar-refractivity contribution is -0.136. The zero-order chi connectivity index (χ0) is 19.1. The van der Waals surface area contributed by atoms with Crippen molar-refractivity contribution in [2.24, 2.45) is 5.92 Å². The van der Waals surface area contributed by atoms with E-state index in [1.807, 2.05) is 48.5 Å². The van der Waals surface area contributed by atoms with Gasteiger partial charge >= 0.3 is 5.97 Å². The fraction of sp³-hybridized carbons (Fsp3) is 0.261. The molecule has 0 aliphatic heterocycles. The van der Waals surface area contributed by atoms with E-state index in [2.05, 4.69) is 13.8 Å². The van der Waals surface area contributed by atoms with Crippen molar-refractivity contribution < 1.29 is 19.0 Å². The second kappa shape index (κ2) is 9.08. The number of rotatable bonds is 8. The topological polar surface area (TPSA) is 44.8 Å². The van der Waals surface area contributed by atoms with Crippen molar-refractivity contribution in [3.8, 4) is 17.2 Å². The van der Waals surface area contributed by atoms with E-state index in [1.165, 1.54) is 0 Å². The molecule has 0 atom stereocenters. The Bertz CT molecular complexity index is 879. The summed E-state index contributed by atoms with van der Waals surface area (Å²) < 4.78 is 16.6. The summed E-state index contributed by atoms with van der Waals surface area (Å²) in [6.07, 6.45) is 1.01. The monoisotopic (exact) mass is 364 g/mol. The van der Waals surface area contributed by atoms with Gasteiger partial charge in [-0.1, -0.05) is 50.2 Å². The van der Waals surface area contributed by atoms with Crippen LogP contribution in [0.3, 0.4) is 0 Å². The van der Waals surface area contributed by atoms with Crippen LogP contribution < -0.4 is 14.2 Å². The third kappa shape index (κ3) is 5.48. The van der Waals surface area contributed by atoms with E-state index >= 15 is 0 Å². The van der Waals surface area contributed by atoms with Crippen LogP contribution >= 0.6 is 0 Å². The first-order valence-corrected chi connectivity index (χ1v) is 9.16. The van der Waals surface area contributed by atoms with Crippen LogP contribution in [0.1, 0.15) is 20.3 Å². The average Bonchev–Trinajstić information content (AvgIpc) is 2.67. The third-order valence-electron chi connectivity index (χ3n) is 4.12. The normalized spacial score (nSPS) is 10.8. The summed E-state index contributed by atoms with van der Waals surface area (Å²) in [7, 11) is 0. The predicted octanol–water partition coefficient (Wildman–Crippen LogP) is 5.25. The third-order valence-corrected chi connectivity index (χ3v) is 4.12. The molecule has 27 heavy (non-hydrogen) atoms. The van der Waals surface area contributed by atoms with Crippen LogP contribution in [0.5, 0.6) is 17.2 Å².